The van der Waals surface area contributed by atoms with Crippen LogP contribution < -0.4 is 4.90 Å². The summed E-state index contributed by atoms with van der Waals surface area (Å²) in [5.41, 5.74) is 6.88. The molecule has 1 atom stereocenters. The lowest BCUT2D eigenvalue weighted by Crippen LogP contribution is -2.45. The molecule has 2 heteroatoms. The van der Waals surface area contributed by atoms with E-state index in [-0.39, 0.29) is 5.54 Å². The molecule has 0 aliphatic carbocycles. The largest absolute Gasteiger partial charge is 0.369 e. The first-order chi connectivity index (χ1) is 11.8. The lowest BCUT2D eigenvalue weighted by Gasteiger charge is -2.45. The smallest absolute Gasteiger partial charge is 0.0998 e. The third-order valence-electron chi connectivity index (χ3n) is 5.53. The molecular formula is C23H26N2. The number of aryl methyl sites for hydroxylation is 1. The highest BCUT2D eigenvalue weighted by Gasteiger charge is 2.34. The number of rotatable bonds is 2. The zero-order valence-corrected chi connectivity index (χ0v) is 15.8. The van der Waals surface area contributed by atoms with E-state index in [0.29, 0.717) is 11.5 Å². The standard InChI is InChI=1S/C23H26N2/c1-16-11-22-21(17(2)14-23(3,4)25(22)5)13-19(16)12-20(15-24)18-9-7-6-8-10-18/h6-13,17H,14H2,1-5H3/b20-12+. The molecule has 2 aromatic rings. The third kappa shape index (κ3) is 3.20. The normalized spacial score (nSPS) is 19.3. The second kappa shape index (κ2) is 6.41. The molecule has 1 heterocycles. The van der Waals surface area contributed by atoms with Crippen molar-refractivity contribution in [2.24, 2.45) is 0 Å². The Morgan fingerprint density at radius 3 is 2.56 bits per heavy atom. The number of hydrogen-bond acceptors (Lipinski definition) is 2. The fourth-order valence-corrected chi connectivity index (χ4v) is 3.84. The molecule has 2 aromatic carbocycles. The van der Waals surface area contributed by atoms with Crippen molar-refractivity contribution in [3.8, 4) is 6.07 Å². The summed E-state index contributed by atoms with van der Waals surface area (Å²) < 4.78 is 0. The fraction of sp³-hybridized carbons (Fsp3) is 0.348. The first kappa shape index (κ1) is 17.3. The lowest BCUT2D eigenvalue weighted by molar-refractivity contribution is 0.395. The molecule has 0 N–H and O–H groups in total. The summed E-state index contributed by atoms with van der Waals surface area (Å²) in [5, 5.41) is 9.61. The molecule has 0 bridgehead atoms. The van der Waals surface area contributed by atoms with Crippen molar-refractivity contribution in [3.05, 3.63) is 64.7 Å². The summed E-state index contributed by atoms with van der Waals surface area (Å²) in [5.74, 6) is 0.510. The first-order valence-electron chi connectivity index (χ1n) is 8.89. The van der Waals surface area contributed by atoms with Crippen LogP contribution >= 0.6 is 0 Å². The average Bonchev–Trinajstić information content (AvgIpc) is 2.59. The van der Waals surface area contributed by atoms with E-state index in [9.17, 15) is 5.26 Å². The number of nitriles is 1. The van der Waals surface area contributed by atoms with Gasteiger partial charge in [0.05, 0.1) is 11.6 Å². The van der Waals surface area contributed by atoms with Crippen LogP contribution in [0.4, 0.5) is 5.69 Å². The van der Waals surface area contributed by atoms with E-state index in [1.165, 1.54) is 16.8 Å². The Bertz CT molecular complexity index is 854. The summed E-state index contributed by atoms with van der Waals surface area (Å²) in [7, 11) is 2.18. The molecule has 2 nitrogen and oxygen atoms in total. The van der Waals surface area contributed by atoms with Gasteiger partial charge in [-0.25, -0.2) is 0 Å². The molecular weight excluding hydrogens is 304 g/mol. The van der Waals surface area contributed by atoms with Crippen molar-refractivity contribution in [2.75, 3.05) is 11.9 Å². The van der Waals surface area contributed by atoms with Crippen molar-refractivity contribution < 1.29 is 0 Å². The van der Waals surface area contributed by atoms with Crippen molar-refractivity contribution in [3.63, 3.8) is 0 Å². The summed E-state index contributed by atoms with van der Waals surface area (Å²) >= 11 is 0. The number of fused-ring (bicyclic) bond motifs is 1. The minimum atomic E-state index is 0.165. The van der Waals surface area contributed by atoms with E-state index in [4.69, 9.17) is 0 Å². The first-order valence-corrected chi connectivity index (χ1v) is 8.89. The van der Waals surface area contributed by atoms with Crippen LogP contribution in [0.25, 0.3) is 11.6 Å². The Morgan fingerprint density at radius 1 is 1.24 bits per heavy atom. The molecule has 1 aliphatic heterocycles. The van der Waals surface area contributed by atoms with Gasteiger partial charge >= 0.3 is 0 Å². The van der Waals surface area contributed by atoms with Gasteiger partial charge in [-0.3, -0.25) is 0 Å². The Kier molecular flexibility index (Phi) is 4.43. The predicted molar refractivity (Wildman–Crippen MR) is 107 cm³/mol. The average molecular weight is 330 g/mol. The van der Waals surface area contributed by atoms with Gasteiger partial charge < -0.3 is 4.90 Å². The third-order valence-corrected chi connectivity index (χ3v) is 5.53. The van der Waals surface area contributed by atoms with E-state index in [2.05, 4.69) is 57.8 Å². The highest BCUT2D eigenvalue weighted by molar-refractivity contribution is 5.90. The van der Waals surface area contributed by atoms with Gasteiger partial charge in [-0.15, -0.1) is 0 Å². The summed E-state index contributed by atoms with van der Waals surface area (Å²) in [4.78, 5) is 2.39. The SMILES string of the molecule is Cc1cc2c(cc1/C=C(\C#N)c1ccccc1)C(C)CC(C)(C)N2C. The zero-order valence-electron chi connectivity index (χ0n) is 15.8. The van der Waals surface area contributed by atoms with E-state index in [1.807, 2.05) is 36.4 Å². The van der Waals surface area contributed by atoms with Crippen LogP contribution in [0.1, 0.15) is 55.4 Å². The molecule has 0 spiro atoms. The Balaban J connectivity index is 2.10. The van der Waals surface area contributed by atoms with Crippen molar-refractivity contribution in [1.82, 2.24) is 0 Å². The minimum Gasteiger partial charge on any atom is -0.369 e. The van der Waals surface area contributed by atoms with Crippen LogP contribution in [0.5, 0.6) is 0 Å². The Hall–Kier alpha value is -2.53. The highest BCUT2D eigenvalue weighted by atomic mass is 15.2. The van der Waals surface area contributed by atoms with Gasteiger partial charge in [-0.2, -0.15) is 5.26 Å². The molecule has 1 aliphatic rings. The summed E-state index contributed by atoms with van der Waals surface area (Å²) in [6.07, 6.45) is 3.16. The number of hydrogen-bond donors (Lipinski definition) is 0. The van der Waals surface area contributed by atoms with E-state index in [0.717, 1.165) is 17.5 Å². The minimum absolute atomic E-state index is 0.165. The van der Waals surface area contributed by atoms with Gasteiger partial charge in [0.2, 0.25) is 0 Å². The van der Waals surface area contributed by atoms with Gasteiger partial charge in [-0.1, -0.05) is 37.3 Å². The highest BCUT2D eigenvalue weighted by Crippen LogP contribution is 2.43. The second-order valence-electron chi connectivity index (χ2n) is 7.78. The van der Waals surface area contributed by atoms with E-state index in [1.54, 1.807) is 0 Å². The maximum atomic E-state index is 9.61. The van der Waals surface area contributed by atoms with Gasteiger partial charge in [0, 0.05) is 18.3 Å². The van der Waals surface area contributed by atoms with Crippen LogP contribution in [0, 0.1) is 18.3 Å². The van der Waals surface area contributed by atoms with Crippen LogP contribution in [0.2, 0.25) is 0 Å². The maximum Gasteiger partial charge on any atom is 0.0998 e. The maximum absolute atomic E-state index is 9.61. The summed E-state index contributed by atoms with van der Waals surface area (Å²) in [6, 6.07) is 16.8. The van der Waals surface area contributed by atoms with Crippen LogP contribution in [0.15, 0.2) is 42.5 Å². The van der Waals surface area contributed by atoms with Crippen molar-refractivity contribution >= 4 is 17.3 Å². The molecule has 3 rings (SSSR count). The molecule has 0 amide bonds. The van der Waals surface area contributed by atoms with Gasteiger partial charge in [0.15, 0.2) is 0 Å². The summed E-state index contributed by atoms with van der Waals surface area (Å²) in [6.45, 7) is 9.04. The predicted octanol–water partition coefficient (Wildman–Crippen LogP) is 5.78. The number of anilines is 1. The monoisotopic (exact) mass is 330 g/mol. The van der Waals surface area contributed by atoms with Crippen LogP contribution in [-0.2, 0) is 0 Å². The lowest BCUT2D eigenvalue weighted by atomic mass is 9.79. The molecule has 0 radical (unpaired) electrons. The number of benzene rings is 2. The van der Waals surface area contributed by atoms with Gasteiger partial charge in [0.1, 0.15) is 0 Å². The molecule has 0 saturated carbocycles. The second-order valence-corrected chi connectivity index (χ2v) is 7.78. The van der Waals surface area contributed by atoms with Crippen LogP contribution in [0.3, 0.4) is 0 Å². The topological polar surface area (TPSA) is 27.0 Å². The van der Waals surface area contributed by atoms with E-state index < -0.39 is 0 Å². The van der Waals surface area contributed by atoms with Crippen molar-refractivity contribution in [2.45, 2.75) is 45.6 Å². The molecule has 0 fully saturated rings. The molecule has 0 saturated heterocycles. The molecule has 25 heavy (non-hydrogen) atoms. The number of allylic oxidation sites excluding steroid dienone is 1. The Labute approximate surface area is 151 Å². The van der Waals surface area contributed by atoms with Gasteiger partial charge in [0.25, 0.3) is 0 Å². The molecule has 0 aromatic heterocycles. The Morgan fingerprint density at radius 2 is 1.92 bits per heavy atom. The molecule has 1 unspecified atom stereocenters. The van der Waals surface area contributed by atoms with Gasteiger partial charge in [-0.05, 0) is 73.6 Å². The van der Waals surface area contributed by atoms with E-state index >= 15 is 0 Å². The quantitative estimate of drug-likeness (QED) is 0.515. The van der Waals surface area contributed by atoms with Crippen molar-refractivity contribution in [1.29, 1.82) is 5.26 Å². The molecule has 128 valence electrons. The fourth-order valence-electron chi connectivity index (χ4n) is 3.84. The zero-order chi connectivity index (χ0) is 18.2. The number of nitrogens with zero attached hydrogens (tertiary/aromatic N) is 2. The van der Waals surface area contributed by atoms with Crippen LogP contribution in [-0.4, -0.2) is 12.6 Å².